The van der Waals surface area contributed by atoms with Crippen LogP contribution >= 0.6 is 0 Å². The first kappa shape index (κ1) is 13.9. The monoisotopic (exact) mass is 289 g/mol. The van der Waals surface area contributed by atoms with Gasteiger partial charge in [-0.15, -0.1) is 0 Å². The smallest absolute Gasteiger partial charge is 0.339 e. The first-order valence-corrected chi connectivity index (χ1v) is 7.28. The van der Waals surface area contributed by atoms with Crippen molar-refractivity contribution in [2.45, 2.75) is 25.8 Å². The molecule has 1 aromatic rings. The van der Waals surface area contributed by atoms with Crippen LogP contribution in [0.15, 0.2) is 18.2 Å². The number of methoxy groups -OCH3 is 1. The van der Waals surface area contributed by atoms with E-state index in [1.165, 1.54) is 20.0 Å². The zero-order valence-electron chi connectivity index (χ0n) is 12.0. The third-order valence-electron chi connectivity index (χ3n) is 4.37. The van der Waals surface area contributed by atoms with Crippen molar-refractivity contribution in [1.82, 2.24) is 5.32 Å². The quantitative estimate of drug-likeness (QED) is 0.840. The molecule has 1 aromatic carbocycles. The molecule has 0 bridgehead atoms. The van der Waals surface area contributed by atoms with Gasteiger partial charge in [-0.1, -0.05) is 6.07 Å². The molecule has 2 aliphatic rings. The van der Waals surface area contributed by atoms with Gasteiger partial charge < -0.3 is 15.2 Å². The van der Waals surface area contributed by atoms with Crippen molar-refractivity contribution in [2.75, 3.05) is 7.11 Å². The Hall–Kier alpha value is -2.04. The summed E-state index contributed by atoms with van der Waals surface area (Å²) in [7, 11) is 1.44. The number of amides is 1. The van der Waals surface area contributed by atoms with Crippen LogP contribution in [-0.4, -0.2) is 24.1 Å². The fourth-order valence-electron chi connectivity index (χ4n) is 2.91. The van der Waals surface area contributed by atoms with Gasteiger partial charge in [0.1, 0.15) is 11.3 Å². The van der Waals surface area contributed by atoms with E-state index in [9.17, 15) is 9.59 Å². The van der Waals surface area contributed by atoms with Gasteiger partial charge in [-0.2, -0.15) is 0 Å². The number of hydrogen-bond acceptors (Lipinski definition) is 3. The van der Waals surface area contributed by atoms with E-state index in [1.807, 2.05) is 0 Å². The van der Waals surface area contributed by atoms with Crippen LogP contribution in [0.5, 0.6) is 5.75 Å². The van der Waals surface area contributed by atoms with Gasteiger partial charge >= 0.3 is 5.97 Å². The molecule has 5 nitrogen and oxygen atoms in total. The Bertz CT molecular complexity index is 580. The third-order valence-corrected chi connectivity index (χ3v) is 4.37. The van der Waals surface area contributed by atoms with Gasteiger partial charge in [-0.25, -0.2) is 4.79 Å². The van der Waals surface area contributed by atoms with Crippen LogP contribution in [0.2, 0.25) is 0 Å². The molecule has 0 unspecified atom stereocenters. The predicted molar refractivity (Wildman–Crippen MR) is 76.1 cm³/mol. The molecule has 2 atom stereocenters. The Morgan fingerprint density at radius 2 is 2.14 bits per heavy atom. The summed E-state index contributed by atoms with van der Waals surface area (Å²) in [5.74, 6) is 0.940. The highest BCUT2D eigenvalue weighted by molar-refractivity contribution is 5.91. The molecule has 2 fully saturated rings. The van der Waals surface area contributed by atoms with Gasteiger partial charge in [0, 0.05) is 12.5 Å². The lowest BCUT2D eigenvalue weighted by molar-refractivity contribution is -0.122. The lowest BCUT2D eigenvalue weighted by Crippen LogP contribution is -2.25. The molecule has 0 radical (unpaired) electrons. The second kappa shape index (κ2) is 5.39. The standard InChI is InChI=1S/C16H19NO4/c1-21-14-5-2-9(6-13(14)16(19)20)8-17-15(18)12-7-11(12)10-3-4-10/h2,5-6,10-12H,3-4,7-8H2,1H3,(H,17,18)(H,19,20)/t11-,12+/m1/s1. The van der Waals surface area contributed by atoms with Gasteiger partial charge in [0.15, 0.2) is 0 Å². The largest absolute Gasteiger partial charge is 0.496 e. The molecular formula is C16H19NO4. The highest BCUT2D eigenvalue weighted by Crippen LogP contribution is 2.54. The lowest BCUT2D eigenvalue weighted by atomic mass is 10.1. The molecule has 2 N–H and O–H groups in total. The molecule has 21 heavy (non-hydrogen) atoms. The number of benzene rings is 1. The molecule has 0 aliphatic heterocycles. The van der Waals surface area contributed by atoms with Crippen molar-refractivity contribution < 1.29 is 19.4 Å². The number of nitrogens with one attached hydrogen (secondary N) is 1. The van der Waals surface area contributed by atoms with Gasteiger partial charge in [0.05, 0.1) is 7.11 Å². The Labute approximate surface area is 123 Å². The highest BCUT2D eigenvalue weighted by Gasteiger charge is 2.50. The Morgan fingerprint density at radius 1 is 1.38 bits per heavy atom. The fourth-order valence-corrected chi connectivity index (χ4v) is 2.91. The van der Waals surface area contributed by atoms with E-state index >= 15 is 0 Å². The SMILES string of the molecule is COc1ccc(CNC(=O)[C@H]2C[C@@H]2C2CC2)cc1C(=O)O. The Morgan fingerprint density at radius 3 is 2.76 bits per heavy atom. The van der Waals surface area contributed by atoms with E-state index in [4.69, 9.17) is 9.84 Å². The summed E-state index contributed by atoms with van der Waals surface area (Å²) in [6.07, 6.45) is 3.56. The Balaban J connectivity index is 1.58. The van der Waals surface area contributed by atoms with E-state index in [0.717, 1.165) is 17.9 Å². The van der Waals surface area contributed by atoms with Crippen LogP contribution in [0.25, 0.3) is 0 Å². The molecule has 112 valence electrons. The first-order chi connectivity index (χ1) is 10.1. The number of rotatable bonds is 6. The number of hydrogen-bond donors (Lipinski definition) is 2. The minimum absolute atomic E-state index is 0.0968. The van der Waals surface area contributed by atoms with Crippen molar-refractivity contribution >= 4 is 11.9 Å². The fraction of sp³-hybridized carbons (Fsp3) is 0.500. The highest BCUT2D eigenvalue weighted by atomic mass is 16.5. The summed E-state index contributed by atoms with van der Waals surface area (Å²) >= 11 is 0. The van der Waals surface area contributed by atoms with E-state index in [1.54, 1.807) is 18.2 Å². The minimum atomic E-state index is -1.03. The predicted octanol–water partition coefficient (Wildman–Crippen LogP) is 2.06. The summed E-state index contributed by atoms with van der Waals surface area (Å²) in [6.45, 7) is 0.358. The van der Waals surface area contributed by atoms with E-state index in [2.05, 4.69) is 5.32 Å². The third kappa shape index (κ3) is 3.01. The molecule has 2 aliphatic carbocycles. The molecule has 3 rings (SSSR count). The van der Waals surface area contributed by atoms with Crippen molar-refractivity contribution in [2.24, 2.45) is 17.8 Å². The number of ether oxygens (including phenoxy) is 1. The summed E-state index contributed by atoms with van der Waals surface area (Å²) in [6, 6.07) is 4.94. The van der Waals surface area contributed by atoms with Crippen molar-refractivity contribution in [3.63, 3.8) is 0 Å². The zero-order valence-corrected chi connectivity index (χ0v) is 12.0. The van der Waals surface area contributed by atoms with E-state index in [0.29, 0.717) is 18.2 Å². The van der Waals surface area contributed by atoms with Crippen molar-refractivity contribution in [3.8, 4) is 5.75 Å². The number of aromatic carboxylic acids is 1. The molecule has 1 amide bonds. The maximum absolute atomic E-state index is 12.0. The molecule has 0 aromatic heterocycles. The summed E-state index contributed by atoms with van der Waals surface area (Å²) < 4.78 is 5.01. The maximum Gasteiger partial charge on any atom is 0.339 e. The normalized spacial score (nSPS) is 23.5. The molecule has 0 heterocycles. The number of carboxylic acids is 1. The molecule has 0 saturated heterocycles. The number of carbonyl (C=O) groups is 2. The topological polar surface area (TPSA) is 75.6 Å². The second-order valence-electron chi connectivity index (χ2n) is 5.90. The zero-order chi connectivity index (χ0) is 15.0. The van der Waals surface area contributed by atoms with Gasteiger partial charge in [0.2, 0.25) is 5.91 Å². The molecular weight excluding hydrogens is 270 g/mol. The summed E-state index contributed by atoms with van der Waals surface area (Å²) in [4.78, 5) is 23.2. The van der Waals surface area contributed by atoms with Gasteiger partial charge in [0.25, 0.3) is 0 Å². The van der Waals surface area contributed by atoms with Crippen LogP contribution in [0.3, 0.4) is 0 Å². The van der Waals surface area contributed by atoms with Crippen molar-refractivity contribution in [1.29, 1.82) is 0 Å². The van der Waals surface area contributed by atoms with Gasteiger partial charge in [-0.3, -0.25) is 4.79 Å². The first-order valence-electron chi connectivity index (χ1n) is 7.28. The maximum atomic E-state index is 12.0. The number of carbonyl (C=O) groups excluding carboxylic acids is 1. The minimum Gasteiger partial charge on any atom is -0.496 e. The Kier molecular flexibility index (Phi) is 3.57. The second-order valence-corrected chi connectivity index (χ2v) is 5.90. The molecule has 5 heteroatoms. The number of carboxylic acid groups (broad SMARTS) is 1. The summed E-state index contributed by atoms with van der Waals surface area (Å²) in [5, 5.41) is 12.0. The van der Waals surface area contributed by atoms with E-state index < -0.39 is 5.97 Å². The molecule has 0 spiro atoms. The van der Waals surface area contributed by atoms with Crippen LogP contribution in [0.1, 0.15) is 35.2 Å². The van der Waals surface area contributed by atoms with Crippen molar-refractivity contribution in [3.05, 3.63) is 29.3 Å². The summed E-state index contributed by atoms with van der Waals surface area (Å²) in [5.41, 5.74) is 0.886. The van der Waals surface area contributed by atoms with E-state index in [-0.39, 0.29) is 17.4 Å². The van der Waals surface area contributed by atoms with Crippen LogP contribution in [0.4, 0.5) is 0 Å². The molecule has 2 saturated carbocycles. The van der Waals surface area contributed by atoms with Crippen LogP contribution in [-0.2, 0) is 11.3 Å². The van der Waals surface area contributed by atoms with Crippen LogP contribution < -0.4 is 10.1 Å². The van der Waals surface area contributed by atoms with Gasteiger partial charge in [-0.05, 0) is 48.8 Å². The lowest BCUT2D eigenvalue weighted by Gasteiger charge is -2.09. The van der Waals surface area contributed by atoms with Crippen LogP contribution in [0, 0.1) is 17.8 Å². The average molecular weight is 289 g/mol. The average Bonchev–Trinajstić information content (AvgIpc) is 3.35.